The van der Waals surface area contributed by atoms with E-state index in [1.165, 1.54) is 0 Å². The molecule has 0 spiro atoms. The Morgan fingerprint density at radius 2 is 2.55 bits per heavy atom. The summed E-state index contributed by atoms with van der Waals surface area (Å²) >= 11 is 1.57. The van der Waals surface area contributed by atoms with Gasteiger partial charge >= 0.3 is 0 Å². The van der Waals surface area contributed by atoms with E-state index in [-0.39, 0.29) is 17.4 Å². The predicted octanol–water partition coefficient (Wildman–Crippen LogP) is -0.930. The van der Waals surface area contributed by atoms with Crippen molar-refractivity contribution in [3.8, 4) is 0 Å². The zero-order valence-electron chi connectivity index (χ0n) is 6.46. The van der Waals surface area contributed by atoms with E-state index in [2.05, 4.69) is 10.6 Å². The van der Waals surface area contributed by atoms with Gasteiger partial charge in [0.15, 0.2) is 0 Å². The third-order valence-electron chi connectivity index (χ3n) is 1.63. The summed E-state index contributed by atoms with van der Waals surface area (Å²) in [5, 5.41) is 5.98. The highest BCUT2D eigenvalue weighted by atomic mass is 32.2. The molecule has 0 aromatic heterocycles. The molecule has 1 amide bonds. The molecule has 1 saturated heterocycles. The lowest BCUT2D eigenvalue weighted by Crippen LogP contribution is -2.56. The Bertz CT molecular complexity index is 139. The van der Waals surface area contributed by atoms with Crippen molar-refractivity contribution in [1.82, 2.24) is 10.6 Å². The highest BCUT2D eigenvalue weighted by Gasteiger charge is 2.23. The van der Waals surface area contributed by atoms with E-state index < -0.39 is 0 Å². The zero-order chi connectivity index (χ0) is 8.27. The summed E-state index contributed by atoms with van der Waals surface area (Å²) < 4.78 is 0. The molecule has 0 bridgehead atoms. The fourth-order valence-corrected chi connectivity index (χ4v) is 1.60. The Labute approximate surface area is 70.3 Å². The normalized spacial score (nSPS) is 31.6. The molecule has 2 atom stereocenters. The molecule has 11 heavy (non-hydrogen) atoms. The largest absolute Gasteiger partial charge is 0.332 e. The molecule has 4 N–H and O–H groups in total. The maximum atomic E-state index is 11.0. The summed E-state index contributed by atoms with van der Waals surface area (Å²) in [7, 11) is 0. The van der Waals surface area contributed by atoms with Crippen LogP contribution in [0.25, 0.3) is 0 Å². The van der Waals surface area contributed by atoms with E-state index in [0.29, 0.717) is 13.0 Å². The summed E-state index contributed by atoms with van der Waals surface area (Å²) in [6.45, 7) is 0.518. The van der Waals surface area contributed by atoms with Crippen LogP contribution in [0.2, 0.25) is 0 Å². The average Bonchev–Trinajstić information content (AvgIpc) is 2.03. The fourth-order valence-electron chi connectivity index (χ4n) is 1.02. The Morgan fingerprint density at radius 3 is 3.09 bits per heavy atom. The molecule has 64 valence electrons. The molecule has 0 saturated carbocycles. The van der Waals surface area contributed by atoms with Crippen LogP contribution < -0.4 is 16.4 Å². The van der Waals surface area contributed by atoms with Crippen LogP contribution in [0.4, 0.5) is 0 Å². The number of nitrogens with one attached hydrogen (secondary N) is 2. The average molecular weight is 175 g/mol. The number of carbonyl (C=O) groups excluding carboxylic acids is 1. The summed E-state index contributed by atoms with van der Waals surface area (Å²) in [6.07, 6.45) is 2.43. The van der Waals surface area contributed by atoms with Crippen LogP contribution >= 0.6 is 11.8 Å². The van der Waals surface area contributed by atoms with Gasteiger partial charge in [-0.05, 0) is 6.26 Å². The highest BCUT2D eigenvalue weighted by Crippen LogP contribution is 2.07. The molecule has 1 heterocycles. The van der Waals surface area contributed by atoms with Gasteiger partial charge in [-0.2, -0.15) is 0 Å². The van der Waals surface area contributed by atoms with Crippen molar-refractivity contribution in [3.63, 3.8) is 0 Å². The number of thioether (sulfide) groups is 1. The van der Waals surface area contributed by atoms with Crippen LogP contribution in [0, 0.1) is 0 Å². The maximum Gasteiger partial charge on any atom is 0.223 e. The van der Waals surface area contributed by atoms with Gasteiger partial charge < -0.3 is 11.1 Å². The van der Waals surface area contributed by atoms with Gasteiger partial charge in [-0.1, -0.05) is 0 Å². The summed E-state index contributed by atoms with van der Waals surface area (Å²) in [4.78, 5) is 11.0. The van der Waals surface area contributed by atoms with Crippen LogP contribution in [0.5, 0.6) is 0 Å². The third kappa shape index (κ3) is 2.36. The van der Waals surface area contributed by atoms with Gasteiger partial charge in [0.25, 0.3) is 0 Å². The van der Waals surface area contributed by atoms with Crippen LogP contribution in [0.3, 0.4) is 0 Å². The maximum absolute atomic E-state index is 11.0. The van der Waals surface area contributed by atoms with Crippen LogP contribution in [-0.4, -0.2) is 30.2 Å². The molecular weight excluding hydrogens is 162 g/mol. The first kappa shape index (κ1) is 8.83. The third-order valence-corrected chi connectivity index (χ3v) is 2.36. The number of rotatable bonds is 2. The first-order valence-corrected chi connectivity index (χ1v) is 4.83. The Kier molecular flexibility index (Phi) is 3.16. The van der Waals surface area contributed by atoms with E-state index in [0.717, 1.165) is 0 Å². The quantitative estimate of drug-likeness (QED) is 0.507. The zero-order valence-corrected chi connectivity index (χ0v) is 7.28. The number of amides is 1. The molecule has 1 fully saturated rings. The predicted molar refractivity (Wildman–Crippen MR) is 46.0 cm³/mol. The lowest BCUT2D eigenvalue weighted by Gasteiger charge is -2.29. The van der Waals surface area contributed by atoms with Crippen LogP contribution in [0.1, 0.15) is 6.42 Å². The van der Waals surface area contributed by atoms with Gasteiger partial charge in [-0.25, -0.2) is 0 Å². The molecule has 5 heteroatoms. The van der Waals surface area contributed by atoms with Crippen molar-refractivity contribution in [1.29, 1.82) is 0 Å². The van der Waals surface area contributed by atoms with Crippen LogP contribution in [0.15, 0.2) is 0 Å². The lowest BCUT2D eigenvalue weighted by atomic mass is 10.2. The number of hydrogen-bond donors (Lipinski definition) is 3. The SMILES string of the molecule is CSC1NC(=O)CC(CN)N1. The minimum atomic E-state index is 0.0322. The number of carbonyl (C=O) groups is 1. The Morgan fingerprint density at radius 1 is 1.82 bits per heavy atom. The van der Waals surface area contributed by atoms with E-state index in [9.17, 15) is 4.79 Å². The molecule has 1 aliphatic rings. The van der Waals surface area contributed by atoms with Crippen molar-refractivity contribution >= 4 is 17.7 Å². The van der Waals surface area contributed by atoms with Crippen molar-refractivity contribution in [2.75, 3.05) is 12.8 Å². The summed E-state index contributed by atoms with van der Waals surface area (Å²) in [5.74, 6) is 0.0820. The monoisotopic (exact) mass is 175 g/mol. The molecule has 0 aliphatic carbocycles. The molecule has 4 nitrogen and oxygen atoms in total. The lowest BCUT2D eigenvalue weighted by molar-refractivity contribution is -0.123. The minimum Gasteiger partial charge on any atom is -0.332 e. The fraction of sp³-hybridized carbons (Fsp3) is 0.833. The topological polar surface area (TPSA) is 67.2 Å². The molecule has 0 aromatic rings. The van der Waals surface area contributed by atoms with Gasteiger partial charge in [0.2, 0.25) is 5.91 Å². The first-order chi connectivity index (χ1) is 5.26. The van der Waals surface area contributed by atoms with Crippen molar-refractivity contribution < 1.29 is 4.79 Å². The second-order valence-electron chi connectivity index (χ2n) is 2.49. The van der Waals surface area contributed by atoms with Gasteiger partial charge in [0, 0.05) is 19.0 Å². The molecule has 2 unspecified atom stereocenters. The van der Waals surface area contributed by atoms with Gasteiger partial charge in [-0.15, -0.1) is 11.8 Å². The first-order valence-electron chi connectivity index (χ1n) is 3.54. The van der Waals surface area contributed by atoms with Crippen molar-refractivity contribution in [2.24, 2.45) is 5.73 Å². The van der Waals surface area contributed by atoms with Crippen LogP contribution in [-0.2, 0) is 4.79 Å². The summed E-state index contributed by atoms with van der Waals surface area (Å²) in [6, 6.07) is 0.140. The van der Waals surface area contributed by atoms with Crippen molar-refractivity contribution in [3.05, 3.63) is 0 Å². The molecule has 1 rings (SSSR count). The smallest absolute Gasteiger partial charge is 0.223 e. The molecule has 0 radical (unpaired) electrons. The van der Waals surface area contributed by atoms with Gasteiger partial charge in [0.1, 0.15) is 5.50 Å². The van der Waals surface area contributed by atoms with Crippen molar-refractivity contribution in [2.45, 2.75) is 18.0 Å². The summed E-state index contributed by atoms with van der Waals surface area (Å²) in [5.41, 5.74) is 5.46. The Hall–Kier alpha value is -0.260. The second-order valence-corrected chi connectivity index (χ2v) is 3.43. The molecule has 0 aromatic carbocycles. The second kappa shape index (κ2) is 3.94. The highest BCUT2D eigenvalue weighted by molar-refractivity contribution is 7.99. The van der Waals surface area contributed by atoms with Gasteiger partial charge in [0.05, 0.1) is 0 Å². The number of hydrogen-bond acceptors (Lipinski definition) is 4. The standard InChI is InChI=1S/C6H13N3OS/c1-11-6-8-4(3-7)2-5(10)9-6/h4,6,8H,2-3,7H2,1H3,(H,9,10). The van der Waals surface area contributed by atoms with E-state index in [1.54, 1.807) is 11.8 Å². The van der Waals surface area contributed by atoms with E-state index in [1.807, 2.05) is 6.26 Å². The molecule has 1 aliphatic heterocycles. The Balaban J connectivity index is 2.43. The number of nitrogens with two attached hydrogens (primary N) is 1. The minimum absolute atomic E-state index is 0.0322. The van der Waals surface area contributed by atoms with E-state index >= 15 is 0 Å². The molecular formula is C6H13N3OS. The van der Waals surface area contributed by atoms with Gasteiger partial charge in [-0.3, -0.25) is 10.1 Å². The van der Waals surface area contributed by atoms with E-state index in [4.69, 9.17) is 5.73 Å².